The van der Waals surface area contributed by atoms with E-state index in [0.29, 0.717) is 5.69 Å². The number of aliphatic hydroxyl groups is 1. The van der Waals surface area contributed by atoms with Gasteiger partial charge in [0.2, 0.25) is 0 Å². The normalized spacial score (nSPS) is 12.7. The molecule has 0 saturated carbocycles. The fourth-order valence-electron chi connectivity index (χ4n) is 1.75. The third-order valence-electron chi connectivity index (χ3n) is 2.72. The van der Waals surface area contributed by atoms with Crippen molar-refractivity contribution < 1.29 is 9.50 Å². The average molecular weight is 235 g/mol. The molecule has 5 heteroatoms. The number of nitrogens with zero attached hydrogens (tertiary/aromatic N) is 2. The molecule has 1 atom stereocenters. The molecule has 2 rings (SSSR count). The fourth-order valence-corrected chi connectivity index (χ4v) is 1.75. The Morgan fingerprint density at radius 1 is 1.47 bits per heavy atom. The molecule has 0 spiro atoms. The van der Waals surface area contributed by atoms with Gasteiger partial charge in [-0.15, -0.1) is 0 Å². The fraction of sp³-hybridized carbons (Fsp3) is 0.250. The summed E-state index contributed by atoms with van der Waals surface area (Å²) in [5.41, 5.74) is 7.56. The lowest BCUT2D eigenvalue weighted by Gasteiger charge is -2.09. The van der Waals surface area contributed by atoms with Gasteiger partial charge in [-0.05, 0) is 19.1 Å². The zero-order chi connectivity index (χ0) is 12.4. The third kappa shape index (κ3) is 2.07. The Kier molecular flexibility index (Phi) is 3.21. The molecule has 0 aliphatic carbocycles. The van der Waals surface area contributed by atoms with Crippen LogP contribution in [0.15, 0.2) is 30.5 Å². The predicted octanol–water partition coefficient (Wildman–Crippen LogP) is 1.31. The monoisotopic (exact) mass is 235 g/mol. The highest BCUT2D eigenvalue weighted by molar-refractivity contribution is 5.36. The first-order valence-corrected chi connectivity index (χ1v) is 5.31. The number of hydrogen-bond donors (Lipinski definition) is 2. The minimum Gasteiger partial charge on any atom is -0.394 e. The Balaban J connectivity index is 2.48. The molecule has 0 amide bonds. The lowest BCUT2D eigenvalue weighted by Crippen LogP contribution is -2.15. The largest absolute Gasteiger partial charge is 0.394 e. The Labute approximate surface area is 98.5 Å². The van der Waals surface area contributed by atoms with Crippen LogP contribution in [0.5, 0.6) is 0 Å². The molecule has 90 valence electrons. The van der Waals surface area contributed by atoms with Crippen molar-refractivity contribution in [2.24, 2.45) is 5.73 Å². The number of nitrogens with two attached hydrogens (primary N) is 1. The van der Waals surface area contributed by atoms with Gasteiger partial charge >= 0.3 is 0 Å². The maximum Gasteiger partial charge on any atom is 0.148 e. The van der Waals surface area contributed by atoms with Crippen molar-refractivity contribution >= 4 is 0 Å². The van der Waals surface area contributed by atoms with E-state index in [2.05, 4.69) is 5.10 Å². The summed E-state index contributed by atoms with van der Waals surface area (Å²) in [6.07, 6.45) is 1.56. The Morgan fingerprint density at radius 3 is 2.82 bits per heavy atom. The zero-order valence-corrected chi connectivity index (χ0v) is 9.47. The number of hydrogen-bond acceptors (Lipinski definition) is 3. The molecule has 0 bridgehead atoms. The van der Waals surface area contributed by atoms with Gasteiger partial charge in [-0.25, -0.2) is 9.07 Å². The molecule has 0 aliphatic rings. The third-order valence-corrected chi connectivity index (χ3v) is 2.72. The van der Waals surface area contributed by atoms with Crippen LogP contribution >= 0.6 is 0 Å². The van der Waals surface area contributed by atoms with Crippen LogP contribution < -0.4 is 5.73 Å². The number of aromatic nitrogens is 2. The van der Waals surface area contributed by atoms with Gasteiger partial charge in [0, 0.05) is 11.3 Å². The molecular formula is C12H14FN3O. The zero-order valence-electron chi connectivity index (χ0n) is 9.47. The van der Waals surface area contributed by atoms with E-state index in [4.69, 9.17) is 10.8 Å². The highest BCUT2D eigenvalue weighted by atomic mass is 19.1. The van der Waals surface area contributed by atoms with Crippen LogP contribution in [0.1, 0.15) is 17.3 Å². The molecule has 2 aromatic rings. The first kappa shape index (κ1) is 11.8. The number of halogens is 1. The van der Waals surface area contributed by atoms with E-state index in [-0.39, 0.29) is 12.4 Å². The van der Waals surface area contributed by atoms with E-state index in [0.717, 1.165) is 11.3 Å². The summed E-state index contributed by atoms with van der Waals surface area (Å²) < 4.78 is 15.1. The second-order valence-corrected chi connectivity index (χ2v) is 3.84. The van der Waals surface area contributed by atoms with Crippen molar-refractivity contribution in [3.05, 3.63) is 47.5 Å². The molecular weight excluding hydrogens is 221 g/mol. The van der Waals surface area contributed by atoms with Gasteiger partial charge < -0.3 is 10.8 Å². The van der Waals surface area contributed by atoms with Gasteiger partial charge in [-0.3, -0.25) is 0 Å². The quantitative estimate of drug-likeness (QED) is 0.843. The summed E-state index contributed by atoms with van der Waals surface area (Å²) in [6.45, 7) is 1.63. The molecule has 1 aromatic carbocycles. The first-order valence-electron chi connectivity index (χ1n) is 5.31. The summed E-state index contributed by atoms with van der Waals surface area (Å²) in [6, 6.07) is 5.89. The predicted molar refractivity (Wildman–Crippen MR) is 62.3 cm³/mol. The van der Waals surface area contributed by atoms with Gasteiger partial charge in [-0.2, -0.15) is 5.10 Å². The van der Waals surface area contributed by atoms with Crippen LogP contribution in [0, 0.1) is 12.7 Å². The van der Waals surface area contributed by atoms with Crippen LogP contribution in [0.25, 0.3) is 5.69 Å². The molecule has 0 radical (unpaired) electrons. The van der Waals surface area contributed by atoms with Crippen LogP contribution in [0.3, 0.4) is 0 Å². The summed E-state index contributed by atoms with van der Waals surface area (Å²) >= 11 is 0. The summed E-state index contributed by atoms with van der Waals surface area (Å²) in [5.74, 6) is -0.345. The van der Waals surface area contributed by atoms with Crippen molar-refractivity contribution in [3.8, 4) is 5.69 Å². The van der Waals surface area contributed by atoms with Crippen molar-refractivity contribution in [2.45, 2.75) is 13.0 Å². The molecule has 1 aromatic heterocycles. The Hall–Kier alpha value is -1.72. The number of rotatable bonds is 3. The van der Waals surface area contributed by atoms with E-state index in [1.807, 2.05) is 0 Å². The van der Waals surface area contributed by atoms with Crippen LogP contribution in [0.2, 0.25) is 0 Å². The Bertz CT molecular complexity index is 524. The molecule has 0 fully saturated rings. The molecule has 1 heterocycles. The summed E-state index contributed by atoms with van der Waals surface area (Å²) in [5, 5.41) is 13.1. The van der Waals surface area contributed by atoms with Crippen LogP contribution in [-0.4, -0.2) is 21.5 Å². The summed E-state index contributed by atoms with van der Waals surface area (Å²) in [7, 11) is 0. The minimum atomic E-state index is -0.490. The van der Waals surface area contributed by atoms with Crippen LogP contribution in [-0.2, 0) is 0 Å². The van der Waals surface area contributed by atoms with Gasteiger partial charge in [0.15, 0.2) is 0 Å². The molecule has 0 aliphatic heterocycles. The smallest absolute Gasteiger partial charge is 0.148 e. The van der Waals surface area contributed by atoms with E-state index < -0.39 is 6.04 Å². The minimum absolute atomic E-state index is 0.163. The molecule has 1 unspecified atom stereocenters. The van der Waals surface area contributed by atoms with Gasteiger partial charge in [-0.1, -0.05) is 12.1 Å². The molecule has 0 saturated heterocycles. The van der Waals surface area contributed by atoms with E-state index >= 15 is 0 Å². The Morgan fingerprint density at radius 2 is 2.18 bits per heavy atom. The maximum atomic E-state index is 13.6. The van der Waals surface area contributed by atoms with E-state index in [1.165, 1.54) is 10.7 Å². The summed E-state index contributed by atoms with van der Waals surface area (Å²) in [4.78, 5) is 0. The van der Waals surface area contributed by atoms with Crippen molar-refractivity contribution in [1.29, 1.82) is 0 Å². The van der Waals surface area contributed by atoms with Gasteiger partial charge in [0.05, 0.1) is 18.8 Å². The van der Waals surface area contributed by atoms with Gasteiger partial charge in [0.25, 0.3) is 0 Å². The average Bonchev–Trinajstić information content (AvgIpc) is 2.71. The van der Waals surface area contributed by atoms with E-state index in [9.17, 15) is 4.39 Å². The van der Waals surface area contributed by atoms with E-state index in [1.54, 1.807) is 31.3 Å². The second kappa shape index (κ2) is 4.65. The number of benzene rings is 1. The van der Waals surface area contributed by atoms with Crippen molar-refractivity contribution in [3.63, 3.8) is 0 Å². The highest BCUT2D eigenvalue weighted by Gasteiger charge is 2.15. The number of para-hydroxylation sites is 1. The lowest BCUT2D eigenvalue weighted by molar-refractivity contribution is 0.267. The van der Waals surface area contributed by atoms with Crippen molar-refractivity contribution in [2.75, 3.05) is 6.61 Å². The van der Waals surface area contributed by atoms with Crippen molar-refractivity contribution in [1.82, 2.24) is 9.78 Å². The number of aliphatic hydroxyl groups excluding tert-OH is 1. The first-order chi connectivity index (χ1) is 8.15. The maximum absolute atomic E-state index is 13.6. The lowest BCUT2D eigenvalue weighted by atomic mass is 10.1. The standard InChI is InChI=1S/C12H14FN3O/c1-8-9(11(14)7-17)6-15-16(8)12-5-3-2-4-10(12)13/h2-6,11,17H,7,14H2,1H3. The topological polar surface area (TPSA) is 64.1 Å². The molecule has 17 heavy (non-hydrogen) atoms. The second-order valence-electron chi connectivity index (χ2n) is 3.84. The SMILES string of the molecule is Cc1c(C(N)CO)cnn1-c1ccccc1F. The molecule has 4 nitrogen and oxygen atoms in total. The highest BCUT2D eigenvalue weighted by Crippen LogP contribution is 2.20. The molecule has 3 N–H and O–H groups in total. The van der Waals surface area contributed by atoms with Crippen LogP contribution in [0.4, 0.5) is 4.39 Å². The van der Waals surface area contributed by atoms with Gasteiger partial charge in [0.1, 0.15) is 11.5 Å².